The molecule has 1 heterocycles. The summed E-state index contributed by atoms with van der Waals surface area (Å²) in [7, 11) is 0. The van der Waals surface area contributed by atoms with Gasteiger partial charge >= 0.3 is 5.97 Å². The van der Waals surface area contributed by atoms with Crippen molar-refractivity contribution < 1.29 is 24.3 Å². The molecule has 2 aromatic rings. The summed E-state index contributed by atoms with van der Waals surface area (Å²) in [6.45, 7) is 3.73. The first kappa shape index (κ1) is 20.3. The van der Waals surface area contributed by atoms with Gasteiger partial charge < -0.3 is 10.4 Å². The van der Waals surface area contributed by atoms with Crippen LogP contribution in [0.15, 0.2) is 54.6 Å². The molecule has 2 aromatic carbocycles. The highest BCUT2D eigenvalue weighted by molar-refractivity contribution is 6.21. The van der Waals surface area contributed by atoms with Gasteiger partial charge in [0.15, 0.2) is 0 Å². The van der Waals surface area contributed by atoms with Crippen molar-refractivity contribution in [1.29, 1.82) is 0 Å². The van der Waals surface area contributed by atoms with Crippen LogP contribution in [-0.2, 0) is 4.79 Å². The largest absolute Gasteiger partial charge is 0.480 e. The van der Waals surface area contributed by atoms with Gasteiger partial charge in [0, 0.05) is 5.56 Å². The normalized spacial score (nSPS) is 15.2. The van der Waals surface area contributed by atoms with Crippen LogP contribution in [0.25, 0.3) is 0 Å². The number of benzene rings is 2. The molecule has 3 amide bonds. The fourth-order valence-corrected chi connectivity index (χ4v) is 3.52. The lowest BCUT2D eigenvalue weighted by atomic mass is 9.95. The van der Waals surface area contributed by atoms with Crippen molar-refractivity contribution >= 4 is 23.7 Å². The highest BCUT2D eigenvalue weighted by Crippen LogP contribution is 2.28. The summed E-state index contributed by atoms with van der Waals surface area (Å²) in [5.74, 6) is -2.99. The maximum atomic E-state index is 12.9. The number of fused-ring (bicyclic) bond motifs is 1. The number of amides is 3. The zero-order valence-electron chi connectivity index (χ0n) is 16.2. The van der Waals surface area contributed by atoms with Gasteiger partial charge in [0.2, 0.25) is 0 Å². The molecule has 0 aliphatic carbocycles. The van der Waals surface area contributed by atoms with Crippen LogP contribution in [0.3, 0.4) is 0 Å². The topological polar surface area (TPSA) is 104 Å². The van der Waals surface area contributed by atoms with Gasteiger partial charge in [-0.05, 0) is 36.6 Å². The number of carboxylic acid groups (broad SMARTS) is 1. The summed E-state index contributed by atoms with van der Waals surface area (Å²) in [6, 6.07) is 12.1. The second kappa shape index (κ2) is 8.26. The lowest BCUT2D eigenvalue weighted by molar-refractivity contribution is -0.140. The van der Waals surface area contributed by atoms with E-state index in [0.29, 0.717) is 5.56 Å². The van der Waals surface area contributed by atoms with Crippen molar-refractivity contribution in [2.24, 2.45) is 5.92 Å². The highest BCUT2D eigenvalue weighted by Gasteiger charge is 2.45. The van der Waals surface area contributed by atoms with Gasteiger partial charge in [0.05, 0.1) is 17.2 Å². The molecule has 29 heavy (non-hydrogen) atoms. The van der Waals surface area contributed by atoms with E-state index in [1.807, 2.05) is 13.8 Å². The third-order valence-electron chi connectivity index (χ3n) is 4.84. The summed E-state index contributed by atoms with van der Waals surface area (Å²) >= 11 is 0. The van der Waals surface area contributed by atoms with E-state index in [4.69, 9.17) is 0 Å². The lowest BCUT2D eigenvalue weighted by Gasteiger charge is -2.32. The molecule has 2 atom stereocenters. The number of carboxylic acids is 1. The van der Waals surface area contributed by atoms with Crippen LogP contribution >= 0.6 is 0 Å². The van der Waals surface area contributed by atoms with Crippen LogP contribution in [0.2, 0.25) is 0 Å². The third-order valence-corrected chi connectivity index (χ3v) is 4.84. The number of nitrogens with zero attached hydrogens (tertiary/aromatic N) is 1. The molecule has 0 aromatic heterocycles. The minimum Gasteiger partial charge on any atom is -0.480 e. The first-order valence-electron chi connectivity index (χ1n) is 9.37. The molecule has 2 N–H and O–H groups in total. The van der Waals surface area contributed by atoms with E-state index in [0.717, 1.165) is 4.90 Å². The average Bonchev–Trinajstić information content (AvgIpc) is 2.95. The van der Waals surface area contributed by atoms with Crippen molar-refractivity contribution in [1.82, 2.24) is 10.2 Å². The standard InChI is InChI=1S/C22H22N2O5/c1-13(2)12-17(24-20(26)15-10-6-7-11-16(15)21(24)27)18(22(28)29)23-19(25)14-8-4-3-5-9-14/h3-11,13,17-18H,12H2,1-2H3,(H,23,25)(H,28,29). The molecular weight excluding hydrogens is 372 g/mol. The Kier molecular flexibility index (Phi) is 5.77. The summed E-state index contributed by atoms with van der Waals surface area (Å²) in [5, 5.41) is 12.3. The molecule has 2 unspecified atom stereocenters. The minimum atomic E-state index is -1.44. The van der Waals surface area contributed by atoms with E-state index in [1.165, 1.54) is 0 Å². The molecule has 0 fully saturated rings. The van der Waals surface area contributed by atoms with Crippen molar-refractivity contribution in [2.75, 3.05) is 0 Å². The SMILES string of the molecule is CC(C)CC(C(NC(=O)c1ccccc1)C(=O)O)N1C(=O)c2ccccc2C1=O. The van der Waals surface area contributed by atoms with Gasteiger partial charge in [-0.1, -0.05) is 44.2 Å². The number of hydrogen-bond donors (Lipinski definition) is 2. The summed E-state index contributed by atoms with van der Waals surface area (Å²) in [6.07, 6.45) is 0.234. The molecule has 1 aliphatic rings. The molecule has 7 nitrogen and oxygen atoms in total. The molecule has 0 saturated heterocycles. The quantitative estimate of drug-likeness (QED) is 0.703. The molecule has 0 spiro atoms. The van der Waals surface area contributed by atoms with Gasteiger partial charge in [-0.3, -0.25) is 19.3 Å². The van der Waals surface area contributed by atoms with Gasteiger partial charge in [0.25, 0.3) is 17.7 Å². The fraction of sp³-hybridized carbons (Fsp3) is 0.273. The molecule has 0 radical (unpaired) electrons. The van der Waals surface area contributed by atoms with Crippen molar-refractivity contribution in [2.45, 2.75) is 32.4 Å². The van der Waals surface area contributed by atoms with Crippen LogP contribution < -0.4 is 5.32 Å². The summed E-state index contributed by atoms with van der Waals surface area (Å²) in [5.41, 5.74) is 0.777. The molecule has 150 valence electrons. The zero-order chi connectivity index (χ0) is 21.1. The van der Waals surface area contributed by atoms with Crippen LogP contribution in [0, 0.1) is 5.92 Å². The van der Waals surface area contributed by atoms with Gasteiger partial charge in [0.1, 0.15) is 6.04 Å². The van der Waals surface area contributed by atoms with Crippen molar-refractivity contribution in [3.63, 3.8) is 0 Å². The lowest BCUT2D eigenvalue weighted by Crippen LogP contribution is -2.57. The zero-order valence-corrected chi connectivity index (χ0v) is 16.2. The smallest absolute Gasteiger partial charge is 0.328 e. The predicted octanol–water partition coefficient (Wildman–Crippen LogP) is 2.58. The van der Waals surface area contributed by atoms with Crippen LogP contribution in [0.1, 0.15) is 51.3 Å². The molecule has 3 rings (SSSR count). The fourth-order valence-electron chi connectivity index (χ4n) is 3.52. The summed E-state index contributed by atoms with van der Waals surface area (Å²) in [4.78, 5) is 51.5. The maximum absolute atomic E-state index is 12.9. The predicted molar refractivity (Wildman–Crippen MR) is 106 cm³/mol. The molecule has 0 bridgehead atoms. The van der Waals surface area contributed by atoms with Crippen LogP contribution in [-0.4, -0.2) is 45.8 Å². The first-order chi connectivity index (χ1) is 13.8. The molecular formula is C22H22N2O5. The second-order valence-electron chi connectivity index (χ2n) is 7.38. The Labute approximate surface area is 168 Å². The number of imide groups is 1. The third kappa shape index (κ3) is 4.03. The Morgan fingerprint density at radius 2 is 1.45 bits per heavy atom. The van der Waals surface area contributed by atoms with E-state index < -0.39 is 35.8 Å². The van der Waals surface area contributed by atoms with E-state index in [2.05, 4.69) is 5.32 Å². The number of aliphatic carboxylic acids is 1. The number of carbonyl (C=O) groups excluding carboxylic acids is 3. The van der Waals surface area contributed by atoms with E-state index in [-0.39, 0.29) is 23.5 Å². The van der Waals surface area contributed by atoms with Crippen molar-refractivity contribution in [3.05, 3.63) is 71.3 Å². The number of hydrogen-bond acceptors (Lipinski definition) is 4. The monoisotopic (exact) mass is 394 g/mol. The maximum Gasteiger partial charge on any atom is 0.328 e. The van der Waals surface area contributed by atoms with Crippen molar-refractivity contribution in [3.8, 4) is 0 Å². The van der Waals surface area contributed by atoms with E-state index in [9.17, 15) is 24.3 Å². The molecule has 7 heteroatoms. The highest BCUT2D eigenvalue weighted by atomic mass is 16.4. The molecule has 0 saturated carbocycles. The first-order valence-corrected chi connectivity index (χ1v) is 9.37. The van der Waals surface area contributed by atoms with Gasteiger partial charge in [-0.2, -0.15) is 0 Å². The van der Waals surface area contributed by atoms with Crippen LogP contribution in [0.5, 0.6) is 0 Å². The minimum absolute atomic E-state index is 0.0141. The Bertz CT molecular complexity index is 920. The number of nitrogens with one attached hydrogen (secondary N) is 1. The summed E-state index contributed by atoms with van der Waals surface area (Å²) < 4.78 is 0. The Morgan fingerprint density at radius 1 is 0.931 bits per heavy atom. The van der Waals surface area contributed by atoms with E-state index in [1.54, 1.807) is 54.6 Å². The van der Waals surface area contributed by atoms with E-state index >= 15 is 0 Å². The number of rotatable bonds is 7. The molecule has 1 aliphatic heterocycles. The second-order valence-corrected chi connectivity index (χ2v) is 7.38. The number of carbonyl (C=O) groups is 4. The van der Waals surface area contributed by atoms with Gasteiger partial charge in [-0.15, -0.1) is 0 Å². The van der Waals surface area contributed by atoms with Gasteiger partial charge in [-0.25, -0.2) is 4.79 Å². The Morgan fingerprint density at radius 3 is 1.93 bits per heavy atom. The Balaban J connectivity index is 1.96. The van der Waals surface area contributed by atoms with Crippen LogP contribution in [0.4, 0.5) is 0 Å². The Hall–Kier alpha value is -3.48. The average molecular weight is 394 g/mol.